The van der Waals surface area contributed by atoms with Gasteiger partial charge in [-0.3, -0.25) is 0 Å². The normalized spacial score (nSPS) is 12.3. The van der Waals surface area contributed by atoms with Crippen molar-refractivity contribution >= 4 is 10.0 Å². The molecule has 0 amide bonds. The molecule has 1 rings (SSSR count). The van der Waals surface area contributed by atoms with Gasteiger partial charge in [-0.1, -0.05) is 6.92 Å². The fourth-order valence-corrected chi connectivity index (χ4v) is 2.72. The van der Waals surface area contributed by atoms with Crippen molar-refractivity contribution in [2.24, 2.45) is 0 Å². The molecule has 0 aliphatic heterocycles. The van der Waals surface area contributed by atoms with Crippen LogP contribution < -0.4 is 4.72 Å². The van der Waals surface area contributed by atoms with E-state index in [-0.39, 0.29) is 5.03 Å². The minimum atomic E-state index is -3.81. The topological polar surface area (TPSA) is 104 Å². The van der Waals surface area contributed by atoms with Crippen molar-refractivity contribution in [1.29, 1.82) is 0 Å². The molecule has 0 radical (unpaired) electrons. The van der Waals surface area contributed by atoms with Crippen LogP contribution in [0.5, 0.6) is 0 Å². The van der Waals surface area contributed by atoms with E-state index < -0.39 is 29.3 Å². The molecule has 0 atom stereocenters. The molecular formula is C10H19N3O4S. The van der Waals surface area contributed by atoms with E-state index in [1.54, 1.807) is 11.5 Å². The Morgan fingerprint density at radius 2 is 2.06 bits per heavy atom. The van der Waals surface area contributed by atoms with Gasteiger partial charge >= 0.3 is 0 Å². The number of rotatable bonds is 7. The van der Waals surface area contributed by atoms with Gasteiger partial charge in [0.05, 0.1) is 19.3 Å². The van der Waals surface area contributed by atoms with Crippen LogP contribution in [0.15, 0.2) is 11.2 Å². The molecule has 104 valence electrons. The average Bonchev–Trinajstić information content (AvgIpc) is 2.69. The van der Waals surface area contributed by atoms with Crippen LogP contribution in [0.2, 0.25) is 0 Å². The van der Waals surface area contributed by atoms with Crippen molar-refractivity contribution in [2.75, 3.05) is 13.2 Å². The molecule has 1 aromatic heterocycles. The molecule has 0 spiro atoms. The molecule has 0 aromatic carbocycles. The largest absolute Gasteiger partial charge is 0.395 e. The van der Waals surface area contributed by atoms with E-state index in [1.165, 1.54) is 6.20 Å². The molecule has 7 nitrogen and oxygen atoms in total. The van der Waals surface area contributed by atoms with Crippen molar-refractivity contribution in [3.63, 3.8) is 0 Å². The van der Waals surface area contributed by atoms with Crippen LogP contribution >= 0.6 is 0 Å². The molecule has 3 N–H and O–H groups in total. The Morgan fingerprint density at radius 1 is 1.44 bits per heavy atom. The van der Waals surface area contributed by atoms with Gasteiger partial charge in [-0.15, -0.1) is 0 Å². The van der Waals surface area contributed by atoms with Gasteiger partial charge in [0, 0.05) is 12.7 Å². The molecule has 1 heterocycles. The van der Waals surface area contributed by atoms with Crippen LogP contribution in [0, 0.1) is 6.92 Å². The zero-order valence-corrected chi connectivity index (χ0v) is 11.3. The van der Waals surface area contributed by atoms with Gasteiger partial charge in [0.25, 0.3) is 10.0 Å². The Morgan fingerprint density at radius 3 is 2.56 bits per heavy atom. The number of sulfonamides is 1. The average molecular weight is 277 g/mol. The third-order valence-corrected chi connectivity index (χ3v) is 3.85. The third-order valence-electron chi connectivity index (χ3n) is 2.46. The second-order valence-electron chi connectivity index (χ2n) is 4.00. The summed E-state index contributed by atoms with van der Waals surface area (Å²) in [6.45, 7) is 3.47. The van der Waals surface area contributed by atoms with Gasteiger partial charge in [-0.05, 0) is 13.3 Å². The van der Waals surface area contributed by atoms with Gasteiger partial charge in [0.2, 0.25) is 0 Å². The molecule has 0 bridgehead atoms. The summed E-state index contributed by atoms with van der Waals surface area (Å²) in [4.78, 5) is 3.97. The van der Waals surface area contributed by atoms with Gasteiger partial charge in [0.15, 0.2) is 5.03 Å². The fraction of sp³-hybridized carbons (Fsp3) is 0.700. The van der Waals surface area contributed by atoms with Gasteiger partial charge in [-0.25, -0.2) is 18.1 Å². The molecule has 0 aliphatic carbocycles. The molecular weight excluding hydrogens is 258 g/mol. The lowest BCUT2D eigenvalue weighted by atomic mass is 10.4. The summed E-state index contributed by atoms with van der Waals surface area (Å²) in [7, 11) is -3.81. The number of nitrogens with zero attached hydrogens (tertiary/aromatic N) is 2. The van der Waals surface area contributed by atoms with Crippen LogP contribution in [0.25, 0.3) is 0 Å². The summed E-state index contributed by atoms with van der Waals surface area (Å²) in [5.41, 5.74) is 0. The van der Waals surface area contributed by atoms with E-state index in [0.29, 0.717) is 12.4 Å². The SMILES string of the molecule is CCCn1cc(S(=O)(=O)NC(CO)CO)nc1C. The molecule has 0 fully saturated rings. The minimum Gasteiger partial charge on any atom is -0.395 e. The van der Waals surface area contributed by atoms with Crippen LogP contribution in [-0.4, -0.2) is 47.4 Å². The molecule has 1 aromatic rings. The number of nitrogens with one attached hydrogen (secondary N) is 1. The highest BCUT2D eigenvalue weighted by atomic mass is 32.2. The van der Waals surface area contributed by atoms with E-state index in [9.17, 15) is 8.42 Å². The predicted octanol–water partition coefficient (Wildman–Crippen LogP) is -0.767. The first kappa shape index (κ1) is 15.1. The van der Waals surface area contributed by atoms with E-state index in [2.05, 4.69) is 9.71 Å². The van der Waals surface area contributed by atoms with Gasteiger partial charge < -0.3 is 14.8 Å². The van der Waals surface area contributed by atoms with Crippen LogP contribution in [0.1, 0.15) is 19.2 Å². The number of hydrogen-bond acceptors (Lipinski definition) is 5. The van der Waals surface area contributed by atoms with E-state index in [1.807, 2.05) is 6.92 Å². The highest BCUT2D eigenvalue weighted by Crippen LogP contribution is 2.10. The highest BCUT2D eigenvalue weighted by Gasteiger charge is 2.22. The Kier molecular flexibility index (Phi) is 5.27. The summed E-state index contributed by atoms with van der Waals surface area (Å²) in [5, 5.41) is 17.6. The second kappa shape index (κ2) is 6.28. The molecule has 8 heteroatoms. The second-order valence-corrected chi connectivity index (χ2v) is 5.66. The quantitative estimate of drug-likeness (QED) is 0.607. The zero-order chi connectivity index (χ0) is 13.8. The number of aliphatic hydroxyl groups is 2. The monoisotopic (exact) mass is 277 g/mol. The van der Waals surface area contributed by atoms with Crippen LogP contribution in [0.4, 0.5) is 0 Å². The summed E-state index contributed by atoms with van der Waals surface area (Å²) in [5.74, 6) is 0.613. The summed E-state index contributed by atoms with van der Waals surface area (Å²) < 4.78 is 27.8. The molecule has 18 heavy (non-hydrogen) atoms. The maximum Gasteiger partial charge on any atom is 0.260 e. The zero-order valence-electron chi connectivity index (χ0n) is 10.5. The lowest BCUT2D eigenvalue weighted by Crippen LogP contribution is -2.40. The van der Waals surface area contributed by atoms with E-state index in [4.69, 9.17) is 10.2 Å². The molecule has 0 unspecified atom stereocenters. The molecule has 0 aliphatic rings. The maximum atomic E-state index is 11.9. The Hall–Kier alpha value is -0.960. The minimum absolute atomic E-state index is 0.0969. The van der Waals surface area contributed by atoms with E-state index >= 15 is 0 Å². The smallest absolute Gasteiger partial charge is 0.260 e. The number of aryl methyl sites for hydroxylation is 2. The predicted molar refractivity (Wildman–Crippen MR) is 65.5 cm³/mol. The molecule has 0 saturated carbocycles. The van der Waals surface area contributed by atoms with Crippen molar-refractivity contribution in [3.05, 3.63) is 12.0 Å². The number of hydrogen-bond donors (Lipinski definition) is 3. The van der Waals surface area contributed by atoms with Crippen LogP contribution in [0.3, 0.4) is 0 Å². The van der Waals surface area contributed by atoms with E-state index in [0.717, 1.165) is 6.42 Å². The highest BCUT2D eigenvalue weighted by molar-refractivity contribution is 7.89. The first-order valence-corrected chi connectivity index (χ1v) is 7.20. The summed E-state index contributed by atoms with van der Waals surface area (Å²) >= 11 is 0. The third kappa shape index (κ3) is 3.52. The number of aliphatic hydroxyl groups excluding tert-OH is 2. The van der Waals surface area contributed by atoms with Crippen molar-refractivity contribution < 1.29 is 18.6 Å². The molecule has 0 saturated heterocycles. The first-order valence-electron chi connectivity index (χ1n) is 5.72. The lowest BCUT2D eigenvalue weighted by molar-refractivity contribution is 0.185. The maximum absolute atomic E-state index is 11.9. The summed E-state index contributed by atoms with van der Waals surface area (Å²) in [6, 6.07) is -0.911. The lowest BCUT2D eigenvalue weighted by Gasteiger charge is -2.11. The van der Waals surface area contributed by atoms with Crippen molar-refractivity contribution in [2.45, 2.75) is 37.9 Å². The van der Waals surface area contributed by atoms with Crippen LogP contribution in [-0.2, 0) is 16.6 Å². The van der Waals surface area contributed by atoms with Gasteiger partial charge in [-0.2, -0.15) is 0 Å². The van der Waals surface area contributed by atoms with Crippen molar-refractivity contribution in [1.82, 2.24) is 14.3 Å². The summed E-state index contributed by atoms with van der Waals surface area (Å²) in [6.07, 6.45) is 2.33. The number of imidazole rings is 1. The first-order chi connectivity index (χ1) is 8.44. The Bertz CT molecular complexity index is 479. The van der Waals surface area contributed by atoms with Gasteiger partial charge in [0.1, 0.15) is 5.82 Å². The number of aromatic nitrogens is 2. The Balaban J connectivity index is 2.94. The standard InChI is InChI=1S/C10H19N3O4S/c1-3-4-13-5-10(11-8(13)2)18(16,17)12-9(6-14)7-15/h5,9,12,14-15H,3-4,6-7H2,1-2H3. The Labute approximate surface area is 107 Å². The van der Waals surface area contributed by atoms with Crippen molar-refractivity contribution in [3.8, 4) is 0 Å². The fourth-order valence-electron chi connectivity index (χ4n) is 1.49.